The normalized spacial score (nSPS) is 15.3. The van der Waals surface area contributed by atoms with Crippen LogP contribution in [0.4, 0.5) is 0 Å². The maximum atomic E-state index is 11.5. The summed E-state index contributed by atoms with van der Waals surface area (Å²) in [6.07, 6.45) is 1.43. The van der Waals surface area contributed by atoms with Gasteiger partial charge in [0.1, 0.15) is 5.75 Å². The number of nitrogens with one attached hydrogen (secondary N) is 2. The van der Waals surface area contributed by atoms with Gasteiger partial charge in [-0.05, 0) is 43.1 Å². The molecule has 1 amide bonds. The van der Waals surface area contributed by atoms with Crippen molar-refractivity contribution in [2.24, 2.45) is 5.92 Å². The molecule has 1 aliphatic rings. The Hall–Kier alpha value is -1.55. The van der Waals surface area contributed by atoms with Crippen LogP contribution in [-0.4, -0.2) is 30.6 Å². The first-order valence-electron chi connectivity index (χ1n) is 5.99. The Labute approximate surface area is 101 Å². The van der Waals surface area contributed by atoms with Gasteiger partial charge in [-0.1, -0.05) is 12.1 Å². The molecule has 0 atom stereocenters. The summed E-state index contributed by atoms with van der Waals surface area (Å²) in [6.45, 7) is 2.58. The zero-order chi connectivity index (χ0) is 12.1. The third-order valence-electron chi connectivity index (χ3n) is 3.01. The first-order chi connectivity index (χ1) is 8.24. The largest absolute Gasteiger partial charge is 0.508 e. The topological polar surface area (TPSA) is 61.4 Å². The summed E-state index contributed by atoms with van der Waals surface area (Å²) in [4.78, 5) is 11.5. The Morgan fingerprint density at radius 1 is 1.35 bits per heavy atom. The molecular formula is C13H18N2O2. The Bertz CT molecular complexity index is 372. The van der Waals surface area contributed by atoms with E-state index in [0.29, 0.717) is 18.9 Å². The maximum Gasteiger partial charge on any atom is 0.220 e. The number of hydrogen-bond acceptors (Lipinski definition) is 3. The fourth-order valence-corrected chi connectivity index (χ4v) is 1.84. The number of carbonyl (C=O) groups is 1. The molecule has 2 rings (SSSR count). The molecule has 1 heterocycles. The van der Waals surface area contributed by atoms with Crippen LogP contribution in [0, 0.1) is 5.92 Å². The van der Waals surface area contributed by atoms with Gasteiger partial charge in [0.2, 0.25) is 5.91 Å². The molecule has 4 heteroatoms. The molecule has 1 saturated heterocycles. The second-order valence-electron chi connectivity index (χ2n) is 4.49. The van der Waals surface area contributed by atoms with Crippen LogP contribution >= 0.6 is 0 Å². The predicted molar refractivity (Wildman–Crippen MR) is 65.8 cm³/mol. The van der Waals surface area contributed by atoms with Crippen molar-refractivity contribution in [1.82, 2.24) is 10.6 Å². The number of benzene rings is 1. The average Bonchev–Trinajstić information content (AvgIpc) is 2.26. The van der Waals surface area contributed by atoms with Gasteiger partial charge in [-0.3, -0.25) is 4.79 Å². The highest BCUT2D eigenvalue weighted by molar-refractivity contribution is 5.76. The molecule has 0 bridgehead atoms. The highest BCUT2D eigenvalue weighted by Crippen LogP contribution is 2.10. The second-order valence-corrected chi connectivity index (χ2v) is 4.49. The molecule has 0 spiro atoms. The van der Waals surface area contributed by atoms with E-state index in [1.807, 2.05) is 12.1 Å². The standard InChI is InChI=1S/C13H18N2O2/c16-12-3-1-10(2-4-12)5-6-15-13(17)7-11-8-14-9-11/h1-4,11,14,16H,5-9H2,(H,15,17). The highest BCUT2D eigenvalue weighted by atomic mass is 16.3. The van der Waals surface area contributed by atoms with Crippen LogP contribution in [0.5, 0.6) is 5.75 Å². The molecule has 4 nitrogen and oxygen atoms in total. The Morgan fingerprint density at radius 3 is 2.65 bits per heavy atom. The SMILES string of the molecule is O=C(CC1CNC1)NCCc1ccc(O)cc1. The van der Waals surface area contributed by atoms with Crippen molar-refractivity contribution in [1.29, 1.82) is 0 Å². The van der Waals surface area contributed by atoms with Gasteiger partial charge < -0.3 is 15.7 Å². The van der Waals surface area contributed by atoms with Gasteiger partial charge in [0, 0.05) is 13.0 Å². The van der Waals surface area contributed by atoms with Gasteiger partial charge in [-0.25, -0.2) is 0 Å². The van der Waals surface area contributed by atoms with E-state index >= 15 is 0 Å². The number of rotatable bonds is 5. The summed E-state index contributed by atoms with van der Waals surface area (Å²) in [6, 6.07) is 7.07. The smallest absolute Gasteiger partial charge is 0.220 e. The van der Waals surface area contributed by atoms with Crippen LogP contribution < -0.4 is 10.6 Å². The number of amides is 1. The van der Waals surface area contributed by atoms with Crippen LogP contribution in [0.3, 0.4) is 0 Å². The van der Waals surface area contributed by atoms with Crippen molar-refractivity contribution < 1.29 is 9.90 Å². The third kappa shape index (κ3) is 3.75. The van der Waals surface area contributed by atoms with Crippen LogP contribution in [0.25, 0.3) is 0 Å². The summed E-state index contributed by atoms with van der Waals surface area (Å²) in [7, 11) is 0. The van der Waals surface area contributed by atoms with E-state index in [1.165, 1.54) is 0 Å². The molecule has 0 saturated carbocycles. The molecule has 3 N–H and O–H groups in total. The minimum absolute atomic E-state index is 0.135. The Balaban J connectivity index is 1.64. The molecule has 1 aromatic rings. The minimum Gasteiger partial charge on any atom is -0.508 e. The Morgan fingerprint density at radius 2 is 2.06 bits per heavy atom. The zero-order valence-corrected chi connectivity index (χ0v) is 9.78. The van der Waals surface area contributed by atoms with Crippen LogP contribution in [0.15, 0.2) is 24.3 Å². The van der Waals surface area contributed by atoms with E-state index < -0.39 is 0 Å². The molecule has 0 unspecified atom stereocenters. The maximum absolute atomic E-state index is 11.5. The zero-order valence-electron chi connectivity index (χ0n) is 9.78. The molecule has 1 aromatic carbocycles. The lowest BCUT2D eigenvalue weighted by molar-refractivity contribution is -0.122. The van der Waals surface area contributed by atoms with Gasteiger partial charge in [-0.2, -0.15) is 0 Å². The molecule has 0 radical (unpaired) electrons. The number of hydrogen-bond donors (Lipinski definition) is 3. The van der Waals surface area contributed by atoms with Gasteiger partial charge in [0.15, 0.2) is 0 Å². The van der Waals surface area contributed by atoms with Crippen molar-refractivity contribution in [2.45, 2.75) is 12.8 Å². The molecular weight excluding hydrogens is 216 g/mol. The first kappa shape index (κ1) is 11.9. The van der Waals surface area contributed by atoms with Crippen LogP contribution in [0.2, 0.25) is 0 Å². The summed E-state index contributed by atoms with van der Waals surface area (Å²) >= 11 is 0. The fraction of sp³-hybridized carbons (Fsp3) is 0.462. The minimum atomic E-state index is 0.135. The van der Waals surface area contributed by atoms with Gasteiger partial charge in [0.25, 0.3) is 0 Å². The summed E-state index contributed by atoms with van der Waals surface area (Å²) in [5.41, 5.74) is 1.12. The van der Waals surface area contributed by atoms with Gasteiger partial charge in [-0.15, -0.1) is 0 Å². The number of carbonyl (C=O) groups excluding carboxylic acids is 1. The molecule has 1 aliphatic heterocycles. The summed E-state index contributed by atoms with van der Waals surface area (Å²) in [5.74, 6) is 0.925. The lowest BCUT2D eigenvalue weighted by atomic mass is 9.99. The lowest BCUT2D eigenvalue weighted by Crippen LogP contribution is -2.44. The lowest BCUT2D eigenvalue weighted by Gasteiger charge is -2.26. The van der Waals surface area contributed by atoms with E-state index in [9.17, 15) is 4.79 Å². The quantitative estimate of drug-likeness (QED) is 0.701. The van der Waals surface area contributed by atoms with Crippen molar-refractivity contribution in [3.63, 3.8) is 0 Å². The molecule has 92 valence electrons. The monoisotopic (exact) mass is 234 g/mol. The van der Waals surface area contributed by atoms with Crippen LogP contribution in [0.1, 0.15) is 12.0 Å². The van der Waals surface area contributed by atoms with E-state index in [4.69, 9.17) is 5.11 Å². The number of phenolic OH excluding ortho intramolecular Hbond substituents is 1. The van der Waals surface area contributed by atoms with Crippen molar-refractivity contribution in [3.05, 3.63) is 29.8 Å². The Kier molecular flexibility index (Phi) is 3.98. The first-order valence-corrected chi connectivity index (χ1v) is 5.99. The summed E-state index contributed by atoms with van der Waals surface area (Å²) < 4.78 is 0. The molecule has 0 aromatic heterocycles. The molecule has 1 fully saturated rings. The number of aromatic hydroxyl groups is 1. The van der Waals surface area contributed by atoms with E-state index in [1.54, 1.807) is 12.1 Å². The second kappa shape index (κ2) is 5.68. The third-order valence-corrected chi connectivity index (χ3v) is 3.01. The van der Waals surface area contributed by atoms with E-state index in [2.05, 4.69) is 10.6 Å². The fourth-order valence-electron chi connectivity index (χ4n) is 1.84. The van der Waals surface area contributed by atoms with E-state index in [0.717, 1.165) is 25.1 Å². The number of phenols is 1. The van der Waals surface area contributed by atoms with Gasteiger partial charge >= 0.3 is 0 Å². The highest BCUT2D eigenvalue weighted by Gasteiger charge is 2.19. The summed E-state index contributed by atoms with van der Waals surface area (Å²) in [5, 5.41) is 15.2. The van der Waals surface area contributed by atoms with Gasteiger partial charge in [0.05, 0.1) is 0 Å². The van der Waals surface area contributed by atoms with Crippen LogP contribution in [-0.2, 0) is 11.2 Å². The van der Waals surface area contributed by atoms with Crippen molar-refractivity contribution in [3.8, 4) is 5.75 Å². The molecule has 17 heavy (non-hydrogen) atoms. The van der Waals surface area contributed by atoms with Crippen molar-refractivity contribution in [2.75, 3.05) is 19.6 Å². The molecule has 0 aliphatic carbocycles. The average molecular weight is 234 g/mol. The predicted octanol–water partition coefficient (Wildman–Crippen LogP) is 0.660. The van der Waals surface area contributed by atoms with E-state index in [-0.39, 0.29) is 11.7 Å². The van der Waals surface area contributed by atoms with Crippen molar-refractivity contribution >= 4 is 5.91 Å².